The molecule has 1 atom stereocenters. The van der Waals surface area contributed by atoms with Gasteiger partial charge >= 0.3 is 5.69 Å². The zero-order chi connectivity index (χ0) is 24.2. The highest BCUT2D eigenvalue weighted by Gasteiger charge is 2.29. The number of hydrogen-bond acceptors (Lipinski definition) is 8. The van der Waals surface area contributed by atoms with Gasteiger partial charge in [0.1, 0.15) is 11.8 Å². The molecule has 1 aliphatic heterocycles. The van der Waals surface area contributed by atoms with Gasteiger partial charge in [-0.1, -0.05) is 11.8 Å². The first kappa shape index (κ1) is 24.0. The van der Waals surface area contributed by atoms with Crippen LogP contribution in [0.25, 0.3) is 5.76 Å². The minimum atomic E-state index is -1.66. The normalized spacial score (nSPS) is 16.4. The number of nitro benzene ring substituents is 1. The molecule has 1 aliphatic rings. The summed E-state index contributed by atoms with van der Waals surface area (Å²) in [5.74, 6) is -2.15. The number of aliphatic hydroxyl groups excluding tert-OH is 1. The predicted octanol–water partition coefficient (Wildman–Crippen LogP) is 1.27. The second-order valence-electron chi connectivity index (χ2n) is 6.98. The van der Waals surface area contributed by atoms with Crippen molar-refractivity contribution < 1.29 is 34.2 Å². The van der Waals surface area contributed by atoms with Crippen LogP contribution in [0.4, 0.5) is 10.1 Å². The lowest BCUT2D eigenvalue weighted by Gasteiger charge is -2.26. The van der Waals surface area contributed by atoms with E-state index in [0.717, 1.165) is 11.3 Å². The third kappa shape index (κ3) is 4.70. The Hall–Kier alpha value is -4.32. The van der Waals surface area contributed by atoms with E-state index in [1.807, 2.05) is 0 Å². The van der Waals surface area contributed by atoms with Crippen molar-refractivity contribution in [3.8, 4) is 29.4 Å². The highest BCUT2D eigenvalue weighted by Crippen LogP contribution is 2.41. The Balaban J connectivity index is 2.32. The second-order valence-corrected chi connectivity index (χ2v) is 6.98. The molecule has 0 bridgehead atoms. The molecule has 12 heteroatoms. The first-order valence-electron chi connectivity index (χ1n) is 9.22. The van der Waals surface area contributed by atoms with Crippen LogP contribution in [0.15, 0.2) is 11.6 Å². The fourth-order valence-corrected chi connectivity index (χ4v) is 2.99. The number of likely N-dealkylation sites (tertiary alicyclic amines) is 1. The van der Waals surface area contributed by atoms with Crippen molar-refractivity contribution in [3.63, 3.8) is 0 Å². The molecule has 11 nitrogen and oxygen atoms in total. The second kappa shape index (κ2) is 9.66. The Morgan fingerprint density at radius 2 is 2.09 bits per heavy atom. The van der Waals surface area contributed by atoms with Gasteiger partial charge in [-0.25, -0.2) is 4.39 Å². The molecule has 1 aromatic carbocycles. The topological polar surface area (TPSA) is 168 Å². The number of nitrogens with zero attached hydrogens (tertiary/aromatic N) is 4. The molecule has 1 saturated heterocycles. The lowest BCUT2D eigenvalue weighted by molar-refractivity contribution is -0.386. The largest absolute Gasteiger partial charge is 0.506 e. The molecule has 1 heterocycles. The Bertz CT molecular complexity index is 1110. The van der Waals surface area contributed by atoms with Gasteiger partial charge in [0.15, 0.2) is 11.4 Å². The number of phenols is 2. The van der Waals surface area contributed by atoms with E-state index in [1.54, 1.807) is 11.9 Å². The number of carbonyl (C=O) groups excluding carboxylic acids is 2. The van der Waals surface area contributed by atoms with Crippen molar-refractivity contribution in [2.75, 3.05) is 27.2 Å². The van der Waals surface area contributed by atoms with Crippen molar-refractivity contribution in [1.82, 2.24) is 9.80 Å². The smallest absolute Gasteiger partial charge is 0.315 e. The zero-order valence-corrected chi connectivity index (χ0v) is 17.1. The number of hydrogen-bond donors (Lipinski definition) is 3. The number of halogens is 1. The Kier molecular flexibility index (Phi) is 7.23. The van der Waals surface area contributed by atoms with E-state index in [1.165, 1.54) is 13.1 Å². The maximum Gasteiger partial charge on any atom is 0.315 e. The van der Waals surface area contributed by atoms with Crippen LogP contribution >= 0.6 is 0 Å². The van der Waals surface area contributed by atoms with Crippen molar-refractivity contribution in [2.45, 2.75) is 12.8 Å². The monoisotopic (exact) mass is 446 g/mol. The first-order valence-corrected chi connectivity index (χ1v) is 9.22. The average Bonchev–Trinajstić information content (AvgIpc) is 2.75. The third-order valence-corrected chi connectivity index (χ3v) is 4.81. The van der Waals surface area contributed by atoms with E-state index >= 15 is 0 Å². The molecule has 1 unspecified atom stereocenters. The van der Waals surface area contributed by atoms with Gasteiger partial charge in [0, 0.05) is 26.7 Å². The number of amides is 2. The van der Waals surface area contributed by atoms with E-state index < -0.39 is 56.6 Å². The van der Waals surface area contributed by atoms with Gasteiger partial charge in [-0.15, -0.1) is 0 Å². The van der Waals surface area contributed by atoms with Crippen molar-refractivity contribution in [1.29, 1.82) is 5.26 Å². The van der Waals surface area contributed by atoms with Crippen LogP contribution in [0, 0.1) is 45.0 Å². The van der Waals surface area contributed by atoms with Crippen LogP contribution in [0.5, 0.6) is 11.5 Å². The summed E-state index contributed by atoms with van der Waals surface area (Å²) in [6.07, 6.45) is 1.35. The molecule has 1 aromatic rings. The Morgan fingerprint density at radius 3 is 2.69 bits per heavy atom. The zero-order valence-electron chi connectivity index (χ0n) is 17.1. The molecule has 0 radical (unpaired) electrons. The number of nitriles is 1. The average molecular weight is 446 g/mol. The number of nitro groups is 1. The Labute approximate surface area is 181 Å². The van der Waals surface area contributed by atoms with Gasteiger partial charge in [0.2, 0.25) is 17.4 Å². The van der Waals surface area contributed by atoms with Crippen molar-refractivity contribution >= 4 is 23.3 Å². The fourth-order valence-electron chi connectivity index (χ4n) is 2.99. The van der Waals surface area contributed by atoms with Gasteiger partial charge < -0.3 is 25.1 Å². The van der Waals surface area contributed by atoms with E-state index in [2.05, 4.69) is 11.8 Å². The number of likely N-dealkylation sites (N-methyl/N-ethyl adjacent to an activating group) is 1. The van der Waals surface area contributed by atoms with Gasteiger partial charge in [-0.2, -0.15) is 5.26 Å². The molecule has 0 spiro atoms. The maximum absolute atomic E-state index is 14.3. The van der Waals surface area contributed by atoms with Gasteiger partial charge in [0.05, 0.1) is 22.9 Å². The van der Waals surface area contributed by atoms with Crippen LogP contribution in [0.3, 0.4) is 0 Å². The molecule has 0 saturated carbocycles. The summed E-state index contributed by atoms with van der Waals surface area (Å²) in [5.41, 5.74) is -3.13. The van der Waals surface area contributed by atoms with Crippen LogP contribution in [-0.4, -0.2) is 69.0 Å². The Morgan fingerprint density at radius 1 is 1.44 bits per heavy atom. The molecule has 1 fully saturated rings. The first-order chi connectivity index (χ1) is 15.0. The minimum Gasteiger partial charge on any atom is -0.506 e. The molecular weight excluding hydrogens is 427 g/mol. The van der Waals surface area contributed by atoms with Crippen LogP contribution in [0.1, 0.15) is 18.4 Å². The van der Waals surface area contributed by atoms with Gasteiger partial charge in [0.25, 0.3) is 5.91 Å². The SMILES string of the molecule is CN(CC#CC1CCCN(C)C1=O)C(=O)/C(C#N)=C(\O)c1cc([N+](=O)[O-])c(O)c(O)c1F. The predicted molar refractivity (Wildman–Crippen MR) is 107 cm³/mol. The number of carbonyl (C=O) groups is 2. The highest BCUT2D eigenvalue weighted by atomic mass is 19.1. The summed E-state index contributed by atoms with van der Waals surface area (Å²) in [6.45, 7) is 0.404. The number of benzene rings is 1. The molecule has 168 valence electrons. The molecule has 32 heavy (non-hydrogen) atoms. The summed E-state index contributed by atoms with van der Waals surface area (Å²) in [6, 6.07) is 1.78. The summed E-state index contributed by atoms with van der Waals surface area (Å²) in [4.78, 5) is 36.9. The molecule has 0 aliphatic carbocycles. The molecule has 2 rings (SSSR count). The summed E-state index contributed by atoms with van der Waals surface area (Å²) >= 11 is 0. The molecule has 2 amide bonds. The van der Waals surface area contributed by atoms with Crippen LogP contribution in [0.2, 0.25) is 0 Å². The highest BCUT2D eigenvalue weighted by molar-refractivity contribution is 6.03. The van der Waals surface area contributed by atoms with Crippen molar-refractivity contribution in [3.05, 3.63) is 33.1 Å². The van der Waals surface area contributed by atoms with E-state index in [9.17, 15) is 44.7 Å². The van der Waals surface area contributed by atoms with Gasteiger partial charge in [-0.05, 0) is 12.8 Å². The minimum absolute atomic E-state index is 0.141. The number of piperidine rings is 1. The molecule has 3 N–H and O–H groups in total. The molecule has 0 aromatic heterocycles. The van der Waals surface area contributed by atoms with E-state index in [4.69, 9.17) is 0 Å². The standard InChI is InChI=1S/C20H19FN4O7/c1-23-7-3-5-11(19(23)29)6-4-8-24(2)20(30)13(10-22)16(26)12-9-14(25(31)32)17(27)18(28)15(12)21/h9,11,26-28H,3,5,7-8H2,1-2H3/b16-13-. The van der Waals surface area contributed by atoms with E-state index in [0.29, 0.717) is 19.0 Å². The number of aliphatic hydroxyl groups is 1. The van der Waals surface area contributed by atoms with Crippen molar-refractivity contribution in [2.24, 2.45) is 5.92 Å². The van der Waals surface area contributed by atoms with Crippen LogP contribution in [-0.2, 0) is 9.59 Å². The summed E-state index contributed by atoms with van der Waals surface area (Å²) < 4.78 is 14.3. The van der Waals surface area contributed by atoms with Crippen LogP contribution < -0.4 is 0 Å². The maximum atomic E-state index is 14.3. The quantitative estimate of drug-likeness (QED) is 0.118. The van der Waals surface area contributed by atoms with Gasteiger partial charge in [-0.3, -0.25) is 19.7 Å². The lowest BCUT2D eigenvalue weighted by Crippen LogP contribution is -2.37. The summed E-state index contributed by atoms with van der Waals surface area (Å²) in [5, 5.41) is 49.6. The number of rotatable bonds is 4. The fraction of sp³-hybridized carbons (Fsp3) is 0.350. The third-order valence-electron chi connectivity index (χ3n) is 4.81. The lowest BCUT2D eigenvalue weighted by atomic mass is 9.98. The summed E-state index contributed by atoms with van der Waals surface area (Å²) in [7, 11) is 2.90. The van der Waals surface area contributed by atoms with E-state index in [-0.39, 0.29) is 12.5 Å². The number of phenolic OH excluding ortho intramolecular Hbond substituents is 2. The molecular formula is C20H19FN4O7. The number of aromatic hydroxyl groups is 2.